The third kappa shape index (κ3) is 5.56. The molecule has 1 atom stereocenters. The number of aliphatic hydroxyl groups is 1. The molecular weight excluding hydrogens is 512 g/mol. The van der Waals surface area contributed by atoms with Crippen LogP contribution in [0.2, 0.25) is 0 Å². The van der Waals surface area contributed by atoms with E-state index < -0.39 is 17.6 Å². The maximum atomic E-state index is 11.3. The van der Waals surface area contributed by atoms with Crippen LogP contribution in [0, 0.1) is 0 Å². The summed E-state index contributed by atoms with van der Waals surface area (Å²) in [5, 5.41) is 73.3. The Hall–Kier alpha value is -5.37. The molecule has 4 rings (SSSR count). The highest BCUT2D eigenvalue weighted by Crippen LogP contribution is 2.46. The lowest BCUT2D eigenvalue weighted by Gasteiger charge is -2.23. The molecule has 8 heteroatoms. The maximum Gasteiger partial charge on any atom is 0.161 e. The second-order valence-electron chi connectivity index (χ2n) is 9.24. The Bertz CT molecular complexity index is 1550. The zero-order valence-electron chi connectivity index (χ0n) is 21.4. The molecule has 0 saturated heterocycles. The number of carbonyl (C=O) groups is 1. The minimum atomic E-state index is -0.931. The van der Waals surface area contributed by atoms with Crippen LogP contribution in [-0.4, -0.2) is 41.5 Å². The number of hydrogen-bond donors (Lipinski definition) is 7. The van der Waals surface area contributed by atoms with Gasteiger partial charge in [-0.1, -0.05) is 66.7 Å². The lowest BCUT2D eigenvalue weighted by Crippen LogP contribution is -2.08. The highest BCUT2D eigenvalue weighted by molar-refractivity contribution is 5.87. The molecule has 0 heterocycles. The molecule has 1 unspecified atom stereocenters. The van der Waals surface area contributed by atoms with Crippen molar-refractivity contribution < 1.29 is 40.5 Å². The van der Waals surface area contributed by atoms with E-state index in [1.54, 1.807) is 54.6 Å². The topological polar surface area (TPSA) is 159 Å². The van der Waals surface area contributed by atoms with Crippen molar-refractivity contribution in [2.75, 3.05) is 0 Å². The lowest BCUT2D eigenvalue weighted by atomic mass is 9.82. The first kappa shape index (κ1) is 27.7. The van der Waals surface area contributed by atoms with Crippen molar-refractivity contribution in [1.82, 2.24) is 0 Å². The zero-order valence-corrected chi connectivity index (χ0v) is 21.4. The number of aliphatic hydroxyl groups excluding tert-OH is 1. The van der Waals surface area contributed by atoms with E-state index in [9.17, 15) is 40.5 Å². The highest BCUT2D eigenvalue weighted by atomic mass is 16.3. The normalized spacial score (nSPS) is 12.6. The van der Waals surface area contributed by atoms with Crippen LogP contribution in [-0.2, 0) is 4.79 Å². The quantitative estimate of drug-likeness (QED) is 0.0484. The van der Waals surface area contributed by atoms with E-state index in [0.29, 0.717) is 11.1 Å². The summed E-state index contributed by atoms with van der Waals surface area (Å²) >= 11 is 0. The lowest BCUT2D eigenvalue weighted by molar-refractivity contribution is -0.112. The number of para-hydroxylation sites is 3. The number of rotatable bonds is 8. The van der Waals surface area contributed by atoms with Gasteiger partial charge in [0, 0.05) is 22.6 Å². The fraction of sp³-hybridized carbons (Fsp3) is 0.0938. The monoisotopic (exact) mass is 540 g/mol. The fourth-order valence-electron chi connectivity index (χ4n) is 4.64. The van der Waals surface area contributed by atoms with Crippen LogP contribution in [0.15, 0.2) is 103 Å². The molecule has 0 aliphatic rings. The number of phenols is 6. The summed E-state index contributed by atoms with van der Waals surface area (Å²) < 4.78 is 0. The molecular formula is C32H28O8. The van der Waals surface area contributed by atoms with Gasteiger partial charge in [-0.15, -0.1) is 0 Å². The fourth-order valence-corrected chi connectivity index (χ4v) is 4.64. The van der Waals surface area contributed by atoms with Crippen molar-refractivity contribution >= 4 is 5.78 Å². The smallest absolute Gasteiger partial charge is 0.161 e. The molecule has 0 aromatic heterocycles. The summed E-state index contributed by atoms with van der Waals surface area (Å²) in [6.07, 6.45) is 3.97. The summed E-state index contributed by atoms with van der Waals surface area (Å²) in [7, 11) is 0. The average molecular weight is 541 g/mol. The molecule has 0 saturated carbocycles. The summed E-state index contributed by atoms with van der Waals surface area (Å²) in [6, 6.07) is 20.0. The largest absolute Gasteiger partial charge is 0.511 e. The molecule has 4 aromatic rings. The first-order valence-electron chi connectivity index (χ1n) is 12.3. The van der Waals surface area contributed by atoms with Crippen LogP contribution in [0.1, 0.15) is 46.6 Å². The number of ketones is 1. The molecule has 0 spiro atoms. The van der Waals surface area contributed by atoms with Crippen LogP contribution in [0.4, 0.5) is 0 Å². The van der Waals surface area contributed by atoms with Crippen LogP contribution in [0.3, 0.4) is 0 Å². The number of hydrogen-bond acceptors (Lipinski definition) is 8. The Labute approximate surface area is 230 Å². The summed E-state index contributed by atoms with van der Waals surface area (Å²) in [6.45, 7) is 1.36. The summed E-state index contributed by atoms with van der Waals surface area (Å²) in [5.74, 6) is -4.45. The van der Waals surface area contributed by atoms with Gasteiger partial charge in [-0.05, 0) is 48.4 Å². The first-order chi connectivity index (χ1) is 19.1. The highest BCUT2D eigenvalue weighted by Gasteiger charge is 2.27. The van der Waals surface area contributed by atoms with E-state index >= 15 is 0 Å². The SMILES string of the molecule is CC(=O)C=CC=C(O)C(c1ccc(C(c2cccc(O)c2O)c2cccc(O)c2O)cc1)c1cccc(O)c1O. The Morgan fingerprint density at radius 3 is 1.52 bits per heavy atom. The number of aromatic hydroxyl groups is 6. The third-order valence-corrected chi connectivity index (χ3v) is 6.57. The Morgan fingerprint density at radius 2 is 1.05 bits per heavy atom. The maximum absolute atomic E-state index is 11.3. The molecule has 7 N–H and O–H groups in total. The van der Waals surface area contributed by atoms with Crippen molar-refractivity contribution in [3.05, 3.63) is 131 Å². The number of phenolic OH excluding ortho intramolecular Hbond substituents is 6. The molecule has 0 bridgehead atoms. The van der Waals surface area contributed by atoms with Crippen molar-refractivity contribution in [2.24, 2.45) is 0 Å². The number of allylic oxidation sites excluding steroid dienone is 4. The molecule has 0 fully saturated rings. The predicted molar refractivity (Wildman–Crippen MR) is 149 cm³/mol. The van der Waals surface area contributed by atoms with Crippen LogP contribution < -0.4 is 0 Å². The van der Waals surface area contributed by atoms with Gasteiger partial charge in [0.25, 0.3) is 0 Å². The average Bonchev–Trinajstić information content (AvgIpc) is 2.92. The van der Waals surface area contributed by atoms with Crippen LogP contribution >= 0.6 is 0 Å². The number of carbonyl (C=O) groups excluding carboxylic acids is 1. The summed E-state index contributed by atoms with van der Waals surface area (Å²) in [4.78, 5) is 11.3. The standard InChI is InChI=1S/C32H28O8/c1-18(33)6-2-10-24(34)29(23-9-5-13-27(37)32(23)40)20-16-14-19(15-17-20)28(21-7-3-11-25(35)30(21)38)22-8-4-12-26(36)31(22)39/h2-17,28-29,34-40H,1H3. The molecule has 0 aliphatic heterocycles. The van der Waals surface area contributed by atoms with Gasteiger partial charge in [0.15, 0.2) is 40.3 Å². The zero-order chi connectivity index (χ0) is 29.0. The van der Waals surface area contributed by atoms with E-state index in [2.05, 4.69) is 0 Å². The van der Waals surface area contributed by atoms with E-state index in [0.717, 1.165) is 0 Å². The molecule has 0 amide bonds. The van der Waals surface area contributed by atoms with E-state index in [4.69, 9.17) is 0 Å². The molecule has 0 aliphatic carbocycles. The summed E-state index contributed by atoms with van der Waals surface area (Å²) in [5.41, 5.74) is 1.82. The van der Waals surface area contributed by atoms with E-state index in [1.807, 2.05) is 0 Å². The van der Waals surface area contributed by atoms with Gasteiger partial charge in [-0.2, -0.15) is 0 Å². The Kier molecular flexibility index (Phi) is 8.00. The van der Waals surface area contributed by atoms with Gasteiger partial charge in [0.1, 0.15) is 5.76 Å². The number of benzene rings is 4. The van der Waals surface area contributed by atoms with E-state index in [-0.39, 0.29) is 57.0 Å². The van der Waals surface area contributed by atoms with Crippen molar-refractivity contribution in [3.63, 3.8) is 0 Å². The minimum Gasteiger partial charge on any atom is -0.511 e. The van der Waals surface area contributed by atoms with Gasteiger partial charge in [-0.25, -0.2) is 0 Å². The third-order valence-electron chi connectivity index (χ3n) is 6.57. The second-order valence-corrected chi connectivity index (χ2v) is 9.24. The van der Waals surface area contributed by atoms with Gasteiger partial charge in [0.05, 0.1) is 5.92 Å². The second kappa shape index (κ2) is 11.6. The predicted octanol–water partition coefficient (Wildman–Crippen LogP) is 5.82. The minimum absolute atomic E-state index is 0.209. The van der Waals surface area contributed by atoms with Gasteiger partial charge < -0.3 is 35.7 Å². The van der Waals surface area contributed by atoms with Crippen LogP contribution in [0.5, 0.6) is 34.5 Å². The molecule has 4 aromatic carbocycles. The van der Waals surface area contributed by atoms with Crippen molar-refractivity contribution in [2.45, 2.75) is 18.8 Å². The van der Waals surface area contributed by atoms with Crippen molar-refractivity contribution in [1.29, 1.82) is 0 Å². The van der Waals surface area contributed by atoms with Gasteiger partial charge >= 0.3 is 0 Å². The molecule has 0 radical (unpaired) electrons. The van der Waals surface area contributed by atoms with Gasteiger partial charge in [-0.3, -0.25) is 4.79 Å². The van der Waals surface area contributed by atoms with Crippen molar-refractivity contribution in [3.8, 4) is 34.5 Å². The Morgan fingerprint density at radius 1 is 0.625 bits per heavy atom. The molecule has 8 nitrogen and oxygen atoms in total. The first-order valence-corrected chi connectivity index (χ1v) is 12.3. The Balaban J connectivity index is 1.87. The molecule has 40 heavy (non-hydrogen) atoms. The van der Waals surface area contributed by atoms with Crippen LogP contribution in [0.25, 0.3) is 0 Å². The molecule has 204 valence electrons. The van der Waals surface area contributed by atoms with E-state index in [1.165, 1.54) is 49.4 Å². The van der Waals surface area contributed by atoms with Gasteiger partial charge in [0.2, 0.25) is 0 Å².